The lowest BCUT2D eigenvalue weighted by molar-refractivity contribution is 0.184. The van der Waals surface area contributed by atoms with Crippen molar-refractivity contribution >= 4 is 17.3 Å². The fraction of sp³-hybridized carbons (Fsp3) is 0.143. The van der Waals surface area contributed by atoms with Crippen LogP contribution in [0, 0.1) is 5.82 Å². The van der Waals surface area contributed by atoms with Crippen molar-refractivity contribution in [1.82, 2.24) is 0 Å². The number of anilines is 1. The maximum atomic E-state index is 13.2. The maximum Gasteiger partial charge on any atom is 0.151 e. The number of hydrogen-bond donors (Lipinski definition) is 1. The van der Waals surface area contributed by atoms with Gasteiger partial charge in [0, 0.05) is 19.2 Å². The standard InChI is InChI=1S/C14H13ClFNO2/c1-18-8-9-3-2-4-10(5-9)19-14-6-11(15)12(16)7-13(14)17/h2-7H,8,17H2,1H3. The first-order chi connectivity index (χ1) is 9.10. The van der Waals surface area contributed by atoms with Crippen LogP contribution in [0.25, 0.3) is 0 Å². The number of nitrogen functional groups attached to an aromatic ring is 1. The Morgan fingerprint density at radius 3 is 2.79 bits per heavy atom. The molecule has 19 heavy (non-hydrogen) atoms. The summed E-state index contributed by atoms with van der Waals surface area (Å²) in [4.78, 5) is 0. The SMILES string of the molecule is COCc1cccc(Oc2cc(Cl)c(F)cc2N)c1. The van der Waals surface area contributed by atoms with E-state index in [1.165, 1.54) is 6.07 Å². The van der Waals surface area contributed by atoms with E-state index in [1.54, 1.807) is 13.2 Å². The van der Waals surface area contributed by atoms with Crippen LogP contribution in [0.5, 0.6) is 11.5 Å². The Balaban J connectivity index is 2.25. The van der Waals surface area contributed by atoms with Crippen molar-refractivity contribution in [3.63, 3.8) is 0 Å². The molecule has 0 saturated heterocycles. The Bertz CT molecular complexity index is 590. The molecule has 0 unspecified atom stereocenters. The normalized spacial score (nSPS) is 10.5. The zero-order valence-electron chi connectivity index (χ0n) is 10.3. The highest BCUT2D eigenvalue weighted by Crippen LogP contribution is 2.32. The Labute approximate surface area is 115 Å². The monoisotopic (exact) mass is 281 g/mol. The second-order valence-corrected chi connectivity index (χ2v) is 4.39. The summed E-state index contributed by atoms with van der Waals surface area (Å²) in [6, 6.07) is 9.84. The van der Waals surface area contributed by atoms with Crippen molar-refractivity contribution < 1.29 is 13.9 Å². The third kappa shape index (κ3) is 3.36. The Morgan fingerprint density at radius 1 is 1.26 bits per heavy atom. The summed E-state index contributed by atoms with van der Waals surface area (Å²) in [6.45, 7) is 0.483. The summed E-state index contributed by atoms with van der Waals surface area (Å²) < 4.78 is 23.8. The second kappa shape index (κ2) is 5.91. The van der Waals surface area contributed by atoms with E-state index in [-0.39, 0.29) is 10.7 Å². The molecular weight excluding hydrogens is 269 g/mol. The smallest absolute Gasteiger partial charge is 0.151 e. The zero-order chi connectivity index (χ0) is 13.8. The van der Waals surface area contributed by atoms with E-state index in [0.29, 0.717) is 18.1 Å². The van der Waals surface area contributed by atoms with Gasteiger partial charge in [0.25, 0.3) is 0 Å². The van der Waals surface area contributed by atoms with Gasteiger partial charge in [-0.2, -0.15) is 0 Å². The number of halogens is 2. The van der Waals surface area contributed by atoms with E-state index in [2.05, 4.69) is 0 Å². The van der Waals surface area contributed by atoms with Gasteiger partial charge in [-0.05, 0) is 17.7 Å². The molecule has 2 aromatic rings. The molecule has 0 fully saturated rings. The quantitative estimate of drug-likeness (QED) is 0.862. The van der Waals surface area contributed by atoms with Crippen LogP contribution in [0.3, 0.4) is 0 Å². The van der Waals surface area contributed by atoms with Crippen LogP contribution < -0.4 is 10.5 Å². The number of hydrogen-bond acceptors (Lipinski definition) is 3. The molecular formula is C14H13ClFNO2. The minimum Gasteiger partial charge on any atom is -0.455 e. The van der Waals surface area contributed by atoms with Crippen molar-refractivity contribution in [3.8, 4) is 11.5 Å². The van der Waals surface area contributed by atoms with Gasteiger partial charge in [0.2, 0.25) is 0 Å². The van der Waals surface area contributed by atoms with Gasteiger partial charge in [-0.15, -0.1) is 0 Å². The Morgan fingerprint density at radius 2 is 2.05 bits per heavy atom. The molecule has 0 aromatic heterocycles. The molecule has 5 heteroatoms. The molecule has 0 aliphatic rings. The van der Waals surface area contributed by atoms with Crippen LogP contribution in [0.2, 0.25) is 5.02 Å². The van der Waals surface area contributed by atoms with Crippen molar-refractivity contribution in [2.45, 2.75) is 6.61 Å². The topological polar surface area (TPSA) is 44.5 Å². The van der Waals surface area contributed by atoms with Gasteiger partial charge >= 0.3 is 0 Å². The lowest BCUT2D eigenvalue weighted by Crippen LogP contribution is -1.95. The molecule has 0 radical (unpaired) electrons. The van der Waals surface area contributed by atoms with Gasteiger partial charge < -0.3 is 15.2 Å². The van der Waals surface area contributed by atoms with Crippen molar-refractivity contribution in [2.24, 2.45) is 0 Å². The molecule has 0 heterocycles. The van der Waals surface area contributed by atoms with Crippen LogP contribution >= 0.6 is 11.6 Å². The van der Waals surface area contributed by atoms with E-state index in [1.807, 2.05) is 18.2 Å². The Kier molecular flexibility index (Phi) is 4.24. The number of methoxy groups -OCH3 is 1. The number of benzene rings is 2. The summed E-state index contributed by atoms with van der Waals surface area (Å²) in [6.07, 6.45) is 0. The van der Waals surface area contributed by atoms with E-state index >= 15 is 0 Å². The maximum absolute atomic E-state index is 13.2. The average Bonchev–Trinajstić information content (AvgIpc) is 2.37. The minimum atomic E-state index is -0.570. The summed E-state index contributed by atoms with van der Waals surface area (Å²) in [5.74, 6) is 0.338. The number of nitrogens with two attached hydrogens (primary N) is 1. The van der Waals surface area contributed by atoms with Crippen LogP contribution in [-0.2, 0) is 11.3 Å². The molecule has 2 aromatic carbocycles. The van der Waals surface area contributed by atoms with Crippen LogP contribution in [0.15, 0.2) is 36.4 Å². The molecule has 0 aliphatic heterocycles. The first-order valence-electron chi connectivity index (χ1n) is 5.60. The highest BCUT2D eigenvalue weighted by Gasteiger charge is 2.08. The molecule has 2 N–H and O–H groups in total. The summed E-state index contributed by atoms with van der Waals surface area (Å²) in [7, 11) is 1.62. The summed E-state index contributed by atoms with van der Waals surface area (Å²) in [5.41, 5.74) is 6.84. The second-order valence-electron chi connectivity index (χ2n) is 3.99. The lowest BCUT2D eigenvalue weighted by Gasteiger charge is -2.10. The molecule has 0 spiro atoms. The summed E-state index contributed by atoms with van der Waals surface area (Å²) >= 11 is 5.70. The molecule has 0 atom stereocenters. The molecule has 0 saturated carbocycles. The summed E-state index contributed by atoms with van der Waals surface area (Å²) in [5, 5.41) is -0.0303. The zero-order valence-corrected chi connectivity index (χ0v) is 11.1. The highest BCUT2D eigenvalue weighted by molar-refractivity contribution is 6.31. The third-order valence-electron chi connectivity index (χ3n) is 2.49. The van der Waals surface area contributed by atoms with Gasteiger partial charge in [-0.1, -0.05) is 23.7 Å². The van der Waals surface area contributed by atoms with Crippen molar-refractivity contribution in [3.05, 3.63) is 52.8 Å². The van der Waals surface area contributed by atoms with E-state index in [9.17, 15) is 4.39 Å². The van der Waals surface area contributed by atoms with Gasteiger partial charge in [0.15, 0.2) is 5.75 Å². The van der Waals surface area contributed by atoms with E-state index in [0.717, 1.165) is 11.6 Å². The fourth-order valence-electron chi connectivity index (χ4n) is 1.62. The first-order valence-corrected chi connectivity index (χ1v) is 5.98. The van der Waals surface area contributed by atoms with Gasteiger partial charge in [0.1, 0.15) is 11.6 Å². The van der Waals surface area contributed by atoms with Crippen molar-refractivity contribution in [2.75, 3.05) is 12.8 Å². The van der Waals surface area contributed by atoms with Crippen LogP contribution in [-0.4, -0.2) is 7.11 Å². The Hall–Kier alpha value is -1.78. The number of rotatable bonds is 4. The molecule has 100 valence electrons. The highest BCUT2D eigenvalue weighted by atomic mass is 35.5. The van der Waals surface area contributed by atoms with E-state index in [4.69, 9.17) is 26.8 Å². The van der Waals surface area contributed by atoms with Crippen molar-refractivity contribution in [1.29, 1.82) is 0 Å². The van der Waals surface area contributed by atoms with Crippen LogP contribution in [0.4, 0.5) is 10.1 Å². The predicted molar refractivity (Wildman–Crippen MR) is 73.1 cm³/mol. The molecule has 3 nitrogen and oxygen atoms in total. The van der Waals surface area contributed by atoms with Crippen LogP contribution in [0.1, 0.15) is 5.56 Å². The molecule has 2 rings (SSSR count). The molecule has 0 aliphatic carbocycles. The largest absolute Gasteiger partial charge is 0.455 e. The number of ether oxygens (including phenoxy) is 2. The average molecular weight is 282 g/mol. The lowest BCUT2D eigenvalue weighted by atomic mass is 10.2. The van der Waals surface area contributed by atoms with E-state index < -0.39 is 5.82 Å². The van der Waals surface area contributed by atoms with Gasteiger partial charge in [0.05, 0.1) is 17.3 Å². The van der Waals surface area contributed by atoms with Gasteiger partial charge in [-0.25, -0.2) is 4.39 Å². The van der Waals surface area contributed by atoms with Gasteiger partial charge in [-0.3, -0.25) is 0 Å². The third-order valence-corrected chi connectivity index (χ3v) is 2.78. The fourth-order valence-corrected chi connectivity index (χ4v) is 1.78. The minimum absolute atomic E-state index is 0.0303. The predicted octanol–water partition coefficient (Wildman–Crippen LogP) is 4.00. The first kappa shape index (κ1) is 13.6. The molecule has 0 bridgehead atoms. The molecule has 0 amide bonds.